The molecule has 5 heteroatoms. The second-order valence-corrected chi connectivity index (χ2v) is 5.99. The molecule has 4 nitrogen and oxygen atoms in total. The largest absolute Gasteiger partial charge is 0.497 e. The third kappa shape index (κ3) is 3.22. The summed E-state index contributed by atoms with van der Waals surface area (Å²) in [7, 11) is 1.56. The van der Waals surface area contributed by atoms with E-state index in [9.17, 15) is 4.39 Å². The number of ether oxygens (including phenoxy) is 2. The third-order valence-corrected chi connectivity index (χ3v) is 3.80. The fourth-order valence-electron chi connectivity index (χ4n) is 2.82. The summed E-state index contributed by atoms with van der Waals surface area (Å²) in [5.74, 6) is 0.315. The van der Waals surface area contributed by atoms with Crippen molar-refractivity contribution in [1.82, 2.24) is 0 Å². The molecule has 1 saturated heterocycles. The zero-order valence-electron chi connectivity index (χ0n) is 12.3. The molecule has 1 atom stereocenters. The second kappa shape index (κ2) is 5.58. The Morgan fingerprint density at radius 1 is 1.45 bits per heavy atom. The lowest BCUT2D eigenvalue weighted by Crippen LogP contribution is -2.55. The van der Waals surface area contributed by atoms with E-state index in [0.29, 0.717) is 24.6 Å². The molecular weight excluding hydrogens is 259 g/mol. The van der Waals surface area contributed by atoms with Gasteiger partial charge in [0.25, 0.3) is 0 Å². The minimum absolute atomic E-state index is 0.264. The normalized spacial score (nSPS) is 25.2. The van der Waals surface area contributed by atoms with E-state index in [1.807, 2.05) is 13.8 Å². The van der Waals surface area contributed by atoms with Gasteiger partial charge in [-0.25, -0.2) is 4.39 Å². The fourth-order valence-corrected chi connectivity index (χ4v) is 2.82. The van der Waals surface area contributed by atoms with Crippen LogP contribution in [-0.2, 0) is 4.74 Å². The Labute approximate surface area is 119 Å². The molecule has 0 spiro atoms. The predicted octanol–water partition coefficient (Wildman–Crippen LogP) is 2.53. The summed E-state index contributed by atoms with van der Waals surface area (Å²) in [5.41, 5.74) is 5.76. The van der Waals surface area contributed by atoms with Crippen molar-refractivity contribution in [3.63, 3.8) is 0 Å². The number of hydrogen-bond donors (Lipinski definition) is 2. The average molecular weight is 282 g/mol. The molecule has 3 N–H and O–H groups in total. The van der Waals surface area contributed by atoms with Gasteiger partial charge in [-0.3, -0.25) is 0 Å². The zero-order valence-corrected chi connectivity index (χ0v) is 12.3. The molecular formula is C15H23FN2O2. The van der Waals surface area contributed by atoms with E-state index in [-0.39, 0.29) is 17.0 Å². The number of rotatable bonds is 4. The highest BCUT2D eigenvalue weighted by Crippen LogP contribution is 2.35. The van der Waals surface area contributed by atoms with Crippen LogP contribution in [0.15, 0.2) is 18.2 Å². The minimum atomic E-state index is -0.352. The molecule has 0 aromatic heterocycles. The van der Waals surface area contributed by atoms with Crippen molar-refractivity contribution in [1.29, 1.82) is 0 Å². The summed E-state index contributed by atoms with van der Waals surface area (Å²) in [5, 5.41) is 3.28. The molecule has 0 amide bonds. The van der Waals surface area contributed by atoms with Gasteiger partial charge in [0, 0.05) is 25.6 Å². The molecule has 2 rings (SSSR count). The maximum atomic E-state index is 14.0. The number of benzene rings is 1. The highest BCUT2D eigenvalue weighted by molar-refractivity contribution is 5.51. The van der Waals surface area contributed by atoms with Gasteiger partial charge in [0.2, 0.25) is 0 Å². The molecule has 1 aliphatic heterocycles. The van der Waals surface area contributed by atoms with Gasteiger partial charge in [-0.05, 0) is 32.4 Å². The van der Waals surface area contributed by atoms with Crippen LogP contribution in [0.5, 0.6) is 5.75 Å². The van der Waals surface area contributed by atoms with Gasteiger partial charge in [0.1, 0.15) is 11.6 Å². The van der Waals surface area contributed by atoms with Crippen LogP contribution in [0.3, 0.4) is 0 Å². The third-order valence-electron chi connectivity index (χ3n) is 3.80. The van der Waals surface area contributed by atoms with Gasteiger partial charge < -0.3 is 20.5 Å². The van der Waals surface area contributed by atoms with Gasteiger partial charge in [0.15, 0.2) is 0 Å². The Kier molecular flexibility index (Phi) is 4.20. The molecule has 0 radical (unpaired) electrons. The summed E-state index contributed by atoms with van der Waals surface area (Å²) in [4.78, 5) is 0. The second-order valence-electron chi connectivity index (χ2n) is 5.99. The number of nitrogens with one attached hydrogen (secondary N) is 1. The van der Waals surface area contributed by atoms with Gasteiger partial charge >= 0.3 is 0 Å². The number of anilines is 1. The van der Waals surface area contributed by atoms with Crippen LogP contribution in [0, 0.1) is 5.82 Å². The molecule has 0 aliphatic carbocycles. The minimum Gasteiger partial charge on any atom is -0.497 e. The molecule has 1 heterocycles. The highest BCUT2D eigenvalue weighted by Gasteiger charge is 2.40. The first-order valence-electron chi connectivity index (χ1n) is 6.85. The Bertz CT molecular complexity index is 479. The first-order valence-corrected chi connectivity index (χ1v) is 6.85. The van der Waals surface area contributed by atoms with Crippen LogP contribution in [0.2, 0.25) is 0 Å². The molecule has 1 aromatic rings. The monoisotopic (exact) mass is 282 g/mol. The van der Waals surface area contributed by atoms with Crippen LogP contribution < -0.4 is 15.8 Å². The Morgan fingerprint density at radius 3 is 2.80 bits per heavy atom. The van der Waals surface area contributed by atoms with E-state index in [2.05, 4.69) is 5.32 Å². The van der Waals surface area contributed by atoms with E-state index < -0.39 is 0 Å². The van der Waals surface area contributed by atoms with Gasteiger partial charge in [-0.2, -0.15) is 0 Å². The van der Waals surface area contributed by atoms with Gasteiger partial charge in [-0.15, -0.1) is 0 Å². The van der Waals surface area contributed by atoms with Gasteiger partial charge in [0.05, 0.1) is 23.9 Å². The van der Waals surface area contributed by atoms with E-state index in [0.717, 1.165) is 12.8 Å². The fraction of sp³-hybridized carbons (Fsp3) is 0.600. The summed E-state index contributed by atoms with van der Waals surface area (Å²) < 4.78 is 24.8. The molecule has 0 bridgehead atoms. The smallest absolute Gasteiger partial charge is 0.146 e. The van der Waals surface area contributed by atoms with E-state index in [4.69, 9.17) is 15.2 Å². The quantitative estimate of drug-likeness (QED) is 0.891. The van der Waals surface area contributed by atoms with Crippen molar-refractivity contribution in [2.75, 3.05) is 25.6 Å². The number of halogens is 1. The standard InChI is InChI=1S/C15H23FN2O2/c1-14(2)9-15(10-17,6-7-20-14)18-13-8-11(19-3)4-5-12(13)16/h4-5,8,18H,6-7,9-10,17H2,1-3H3. The van der Waals surface area contributed by atoms with E-state index >= 15 is 0 Å². The molecule has 1 fully saturated rings. The van der Waals surface area contributed by atoms with Crippen LogP contribution >= 0.6 is 0 Å². The van der Waals surface area contributed by atoms with Crippen molar-refractivity contribution in [2.24, 2.45) is 5.73 Å². The maximum absolute atomic E-state index is 14.0. The lowest BCUT2D eigenvalue weighted by atomic mass is 9.81. The Hall–Kier alpha value is -1.33. The summed E-state index contributed by atoms with van der Waals surface area (Å²) >= 11 is 0. The highest BCUT2D eigenvalue weighted by atomic mass is 19.1. The lowest BCUT2D eigenvalue weighted by Gasteiger charge is -2.45. The Morgan fingerprint density at radius 2 is 2.20 bits per heavy atom. The van der Waals surface area contributed by atoms with Crippen LogP contribution in [0.4, 0.5) is 10.1 Å². The Balaban J connectivity index is 2.25. The van der Waals surface area contributed by atoms with Crippen LogP contribution in [-0.4, -0.2) is 31.4 Å². The van der Waals surface area contributed by atoms with E-state index in [1.54, 1.807) is 19.2 Å². The zero-order chi connectivity index (χ0) is 14.8. The average Bonchev–Trinajstić information content (AvgIpc) is 2.40. The van der Waals surface area contributed by atoms with Crippen molar-refractivity contribution in [3.05, 3.63) is 24.0 Å². The molecule has 1 unspecified atom stereocenters. The van der Waals surface area contributed by atoms with Crippen molar-refractivity contribution in [3.8, 4) is 5.75 Å². The summed E-state index contributed by atoms with van der Waals surface area (Å²) in [6.45, 7) is 5.10. The van der Waals surface area contributed by atoms with Crippen molar-refractivity contribution < 1.29 is 13.9 Å². The molecule has 20 heavy (non-hydrogen) atoms. The lowest BCUT2D eigenvalue weighted by molar-refractivity contribution is -0.0737. The SMILES string of the molecule is COc1ccc(F)c(NC2(CN)CCOC(C)(C)C2)c1. The van der Waals surface area contributed by atoms with Gasteiger partial charge in [-0.1, -0.05) is 0 Å². The molecule has 1 aliphatic rings. The number of methoxy groups -OCH3 is 1. The number of hydrogen-bond acceptors (Lipinski definition) is 4. The van der Waals surface area contributed by atoms with E-state index in [1.165, 1.54) is 6.07 Å². The van der Waals surface area contributed by atoms with Crippen LogP contribution in [0.1, 0.15) is 26.7 Å². The van der Waals surface area contributed by atoms with Crippen molar-refractivity contribution >= 4 is 5.69 Å². The first kappa shape index (κ1) is 15.1. The molecule has 0 saturated carbocycles. The topological polar surface area (TPSA) is 56.5 Å². The summed E-state index contributed by atoms with van der Waals surface area (Å²) in [6.07, 6.45) is 1.48. The van der Waals surface area contributed by atoms with Crippen molar-refractivity contribution in [2.45, 2.75) is 37.8 Å². The number of nitrogens with two attached hydrogens (primary N) is 1. The summed E-state index contributed by atoms with van der Waals surface area (Å²) in [6, 6.07) is 4.66. The maximum Gasteiger partial charge on any atom is 0.146 e. The molecule has 112 valence electrons. The first-order chi connectivity index (χ1) is 9.40. The molecule has 1 aromatic carbocycles. The predicted molar refractivity (Wildman–Crippen MR) is 77.6 cm³/mol. The van der Waals surface area contributed by atoms with Crippen LogP contribution in [0.25, 0.3) is 0 Å².